The van der Waals surface area contributed by atoms with Crippen LogP contribution in [0.5, 0.6) is 0 Å². The molecule has 0 radical (unpaired) electrons. The van der Waals surface area contributed by atoms with Crippen molar-refractivity contribution in [3.8, 4) is 0 Å². The molecule has 0 N–H and O–H groups in total. The van der Waals surface area contributed by atoms with Crippen molar-refractivity contribution in [3.05, 3.63) is 69.2 Å². The van der Waals surface area contributed by atoms with Crippen LogP contribution in [0.2, 0.25) is 0 Å². The smallest absolute Gasteiger partial charge is 0.269 e. The number of aromatic nitrogens is 1. The molecular weight excluding hydrogens is 346 g/mol. The van der Waals surface area contributed by atoms with Gasteiger partial charge in [0, 0.05) is 24.6 Å². The first-order chi connectivity index (χ1) is 12.7. The lowest BCUT2D eigenvalue weighted by atomic mass is 9.97. The van der Waals surface area contributed by atoms with E-state index in [1.165, 1.54) is 9.71 Å². The lowest BCUT2D eigenvalue weighted by Gasteiger charge is -2.31. The predicted molar refractivity (Wildman–Crippen MR) is 105 cm³/mol. The second kappa shape index (κ2) is 7.51. The maximum Gasteiger partial charge on any atom is 0.269 e. The van der Waals surface area contributed by atoms with E-state index in [1.807, 2.05) is 29.5 Å². The Morgan fingerprint density at radius 2 is 1.85 bits per heavy atom. The summed E-state index contributed by atoms with van der Waals surface area (Å²) in [4.78, 5) is 17.7. The molecule has 1 aliphatic heterocycles. The van der Waals surface area contributed by atoms with Gasteiger partial charge < -0.3 is 4.90 Å². The molecule has 1 fully saturated rings. The van der Waals surface area contributed by atoms with Crippen LogP contribution in [-0.2, 0) is 6.42 Å². The molecule has 0 saturated carbocycles. The van der Waals surface area contributed by atoms with Crippen LogP contribution in [0, 0.1) is 10.1 Å². The van der Waals surface area contributed by atoms with E-state index in [4.69, 9.17) is 4.98 Å². The monoisotopic (exact) mass is 367 g/mol. The molecule has 0 bridgehead atoms. The number of benzene rings is 2. The Balaban J connectivity index is 1.30. The summed E-state index contributed by atoms with van der Waals surface area (Å²) in [5, 5.41) is 12.0. The summed E-state index contributed by atoms with van der Waals surface area (Å²) in [6.07, 6.45) is 3.24. The Kier molecular flexibility index (Phi) is 4.95. The number of likely N-dealkylation sites (tertiary alicyclic amines) is 1. The van der Waals surface area contributed by atoms with Gasteiger partial charge in [-0.15, -0.1) is 11.3 Å². The fourth-order valence-corrected chi connectivity index (χ4v) is 4.68. The third kappa shape index (κ3) is 3.76. The number of piperidine rings is 1. The SMILES string of the molecule is O=[N+]([O-])c1ccc(CCN2CCC(c3nc4ccccc4s3)CC2)cc1. The number of rotatable bonds is 5. The average Bonchev–Trinajstić information content (AvgIpc) is 3.11. The van der Waals surface area contributed by atoms with Crippen LogP contribution in [0.4, 0.5) is 5.69 Å². The van der Waals surface area contributed by atoms with Gasteiger partial charge in [-0.05, 0) is 50.0 Å². The number of nitro groups is 1. The standard InChI is InChI=1S/C20H21N3O2S/c24-23(25)17-7-5-15(6-8-17)9-12-22-13-10-16(11-14-22)20-21-18-3-1-2-4-19(18)26-20/h1-8,16H,9-14H2. The van der Waals surface area contributed by atoms with Gasteiger partial charge >= 0.3 is 0 Å². The van der Waals surface area contributed by atoms with Gasteiger partial charge in [0.1, 0.15) is 0 Å². The largest absolute Gasteiger partial charge is 0.303 e. The first-order valence-electron chi connectivity index (χ1n) is 9.00. The maximum absolute atomic E-state index is 10.7. The topological polar surface area (TPSA) is 59.3 Å². The quantitative estimate of drug-likeness (QED) is 0.487. The molecule has 4 rings (SSSR count). The number of fused-ring (bicyclic) bond motifs is 1. The summed E-state index contributed by atoms with van der Waals surface area (Å²) in [7, 11) is 0. The van der Waals surface area contributed by atoms with Crippen LogP contribution in [0.15, 0.2) is 48.5 Å². The Labute approximate surface area is 156 Å². The maximum atomic E-state index is 10.7. The minimum absolute atomic E-state index is 0.158. The predicted octanol–water partition coefficient (Wildman–Crippen LogP) is 4.63. The fraction of sp³-hybridized carbons (Fsp3) is 0.350. The van der Waals surface area contributed by atoms with Crippen LogP contribution in [-0.4, -0.2) is 34.4 Å². The first-order valence-corrected chi connectivity index (χ1v) is 9.82. The first kappa shape index (κ1) is 17.1. The molecule has 0 spiro atoms. The van der Waals surface area contributed by atoms with E-state index >= 15 is 0 Å². The lowest BCUT2D eigenvalue weighted by Crippen LogP contribution is -2.34. The normalized spacial score (nSPS) is 16.2. The number of nitro benzene ring substituents is 1. The summed E-state index contributed by atoms with van der Waals surface area (Å²) in [6.45, 7) is 3.19. The average molecular weight is 367 g/mol. The number of non-ortho nitro benzene ring substituents is 1. The van der Waals surface area contributed by atoms with Crippen molar-refractivity contribution in [1.29, 1.82) is 0 Å². The molecule has 0 atom stereocenters. The Bertz CT molecular complexity index is 866. The highest BCUT2D eigenvalue weighted by Crippen LogP contribution is 2.33. The highest BCUT2D eigenvalue weighted by molar-refractivity contribution is 7.18. The van der Waals surface area contributed by atoms with Crippen molar-refractivity contribution in [2.75, 3.05) is 19.6 Å². The van der Waals surface area contributed by atoms with Crippen LogP contribution in [0.1, 0.15) is 29.3 Å². The van der Waals surface area contributed by atoms with Crippen LogP contribution >= 0.6 is 11.3 Å². The molecule has 6 heteroatoms. The highest BCUT2D eigenvalue weighted by atomic mass is 32.1. The van der Waals surface area contributed by atoms with Crippen LogP contribution in [0.25, 0.3) is 10.2 Å². The summed E-state index contributed by atoms with van der Waals surface area (Å²) in [5.41, 5.74) is 2.43. The molecule has 3 aromatic rings. The number of hydrogen-bond acceptors (Lipinski definition) is 5. The van der Waals surface area contributed by atoms with E-state index in [2.05, 4.69) is 23.1 Å². The lowest BCUT2D eigenvalue weighted by molar-refractivity contribution is -0.384. The number of thiazole rings is 1. The molecular formula is C20H21N3O2S. The summed E-state index contributed by atoms with van der Waals surface area (Å²) in [5.74, 6) is 0.572. The molecule has 2 aromatic carbocycles. The van der Waals surface area contributed by atoms with Gasteiger partial charge in [0.2, 0.25) is 0 Å². The third-order valence-electron chi connectivity index (χ3n) is 5.11. The van der Waals surface area contributed by atoms with Gasteiger partial charge in [0.15, 0.2) is 0 Å². The summed E-state index contributed by atoms with van der Waals surface area (Å²) < 4.78 is 1.28. The van der Waals surface area contributed by atoms with E-state index in [9.17, 15) is 10.1 Å². The molecule has 1 aliphatic rings. The third-order valence-corrected chi connectivity index (χ3v) is 6.31. The highest BCUT2D eigenvalue weighted by Gasteiger charge is 2.23. The second-order valence-corrected chi connectivity index (χ2v) is 7.87. The second-order valence-electron chi connectivity index (χ2n) is 6.81. The van der Waals surface area contributed by atoms with Crippen molar-refractivity contribution in [1.82, 2.24) is 9.88 Å². The van der Waals surface area contributed by atoms with Gasteiger partial charge in [0.25, 0.3) is 5.69 Å². The molecule has 5 nitrogen and oxygen atoms in total. The molecule has 0 aliphatic carbocycles. The van der Waals surface area contributed by atoms with E-state index in [0.29, 0.717) is 5.92 Å². The van der Waals surface area contributed by atoms with Crippen LogP contribution in [0.3, 0.4) is 0 Å². The Morgan fingerprint density at radius 1 is 1.12 bits per heavy atom. The van der Waals surface area contributed by atoms with E-state index in [-0.39, 0.29) is 10.6 Å². The summed E-state index contributed by atoms with van der Waals surface area (Å²) in [6, 6.07) is 15.3. The van der Waals surface area contributed by atoms with Gasteiger partial charge in [-0.3, -0.25) is 10.1 Å². The van der Waals surface area contributed by atoms with Crippen LogP contribution < -0.4 is 0 Å². The van der Waals surface area contributed by atoms with Crippen molar-refractivity contribution >= 4 is 27.2 Å². The van der Waals surface area contributed by atoms with Gasteiger partial charge in [-0.2, -0.15) is 0 Å². The molecule has 26 heavy (non-hydrogen) atoms. The Hall–Kier alpha value is -2.31. The minimum atomic E-state index is -0.351. The van der Waals surface area contributed by atoms with Gasteiger partial charge in [0.05, 0.1) is 20.1 Å². The molecule has 1 saturated heterocycles. The zero-order valence-electron chi connectivity index (χ0n) is 14.5. The number of hydrogen-bond donors (Lipinski definition) is 0. The van der Waals surface area contributed by atoms with E-state index < -0.39 is 0 Å². The zero-order valence-corrected chi connectivity index (χ0v) is 15.3. The zero-order chi connectivity index (χ0) is 17.9. The fourth-order valence-electron chi connectivity index (χ4n) is 3.54. The molecule has 1 aromatic heterocycles. The molecule has 0 unspecified atom stereocenters. The number of nitrogens with zero attached hydrogens (tertiary/aromatic N) is 3. The molecule has 134 valence electrons. The van der Waals surface area contributed by atoms with Gasteiger partial charge in [-0.25, -0.2) is 4.98 Å². The molecule has 0 amide bonds. The van der Waals surface area contributed by atoms with Gasteiger partial charge in [-0.1, -0.05) is 24.3 Å². The van der Waals surface area contributed by atoms with Crippen molar-refractivity contribution in [2.45, 2.75) is 25.2 Å². The van der Waals surface area contributed by atoms with E-state index in [0.717, 1.165) is 50.0 Å². The minimum Gasteiger partial charge on any atom is -0.303 e. The number of para-hydroxylation sites is 1. The Morgan fingerprint density at radius 3 is 2.54 bits per heavy atom. The van der Waals surface area contributed by atoms with Crippen molar-refractivity contribution < 1.29 is 4.92 Å². The van der Waals surface area contributed by atoms with E-state index in [1.54, 1.807) is 12.1 Å². The molecule has 2 heterocycles. The van der Waals surface area contributed by atoms with Crippen molar-refractivity contribution in [3.63, 3.8) is 0 Å². The summed E-state index contributed by atoms with van der Waals surface area (Å²) >= 11 is 1.83. The van der Waals surface area contributed by atoms with Crippen molar-refractivity contribution in [2.24, 2.45) is 0 Å².